The number of hydrogen-bond acceptors (Lipinski definition) is 3. The van der Waals surface area contributed by atoms with Gasteiger partial charge in [-0.25, -0.2) is 0 Å². The summed E-state index contributed by atoms with van der Waals surface area (Å²) in [5.41, 5.74) is 7.55. The summed E-state index contributed by atoms with van der Waals surface area (Å²) < 4.78 is 0.937. The molecule has 0 radical (unpaired) electrons. The van der Waals surface area contributed by atoms with Crippen molar-refractivity contribution >= 4 is 33.2 Å². The molecule has 5 heteroatoms. The standard InChI is InChI=1S/C14H18BrN3O/c1-18(2)13-6-4-10(15)8-12(13)17-14(19)9-3-5-11(16)7-9/h3-6,8-9,11H,7,16H2,1-2H3,(H,17,19). The van der Waals surface area contributed by atoms with Crippen molar-refractivity contribution < 1.29 is 4.79 Å². The molecule has 0 aliphatic heterocycles. The second kappa shape index (κ2) is 5.75. The van der Waals surface area contributed by atoms with Crippen molar-refractivity contribution in [2.75, 3.05) is 24.3 Å². The molecule has 2 atom stereocenters. The van der Waals surface area contributed by atoms with Crippen LogP contribution < -0.4 is 16.0 Å². The number of nitrogens with zero attached hydrogens (tertiary/aromatic N) is 1. The highest BCUT2D eigenvalue weighted by Gasteiger charge is 2.23. The maximum atomic E-state index is 12.2. The molecule has 102 valence electrons. The van der Waals surface area contributed by atoms with Gasteiger partial charge >= 0.3 is 0 Å². The highest BCUT2D eigenvalue weighted by atomic mass is 79.9. The number of nitrogens with two attached hydrogens (primary N) is 1. The normalized spacial score (nSPS) is 21.5. The van der Waals surface area contributed by atoms with Crippen LogP contribution in [0.1, 0.15) is 6.42 Å². The molecule has 0 saturated heterocycles. The lowest BCUT2D eigenvalue weighted by molar-refractivity contribution is -0.118. The molecule has 4 nitrogen and oxygen atoms in total. The predicted octanol–water partition coefficient (Wildman–Crippen LogP) is 2.36. The minimum atomic E-state index is -0.135. The van der Waals surface area contributed by atoms with Crippen LogP contribution in [0.25, 0.3) is 0 Å². The number of carbonyl (C=O) groups excluding carboxylic acids is 1. The van der Waals surface area contributed by atoms with Gasteiger partial charge in [-0.3, -0.25) is 4.79 Å². The summed E-state index contributed by atoms with van der Waals surface area (Å²) in [5.74, 6) is -0.144. The number of hydrogen-bond donors (Lipinski definition) is 2. The molecule has 0 saturated carbocycles. The first-order valence-corrected chi connectivity index (χ1v) is 6.98. The number of anilines is 2. The summed E-state index contributed by atoms with van der Waals surface area (Å²) >= 11 is 3.42. The molecule has 1 aromatic carbocycles. The average molecular weight is 324 g/mol. The lowest BCUT2D eigenvalue weighted by Gasteiger charge is -2.19. The van der Waals surface area contributed by atoms with E-state index in [4.69, 9.17) is 5.73 Å². The van der Waals surface area contributed by atoms with Crippen molar-refractivity contribution in [2.24, 2.45) is 11.7 Å². The van der Waals surface area contributed by atoms with Crippen molar-refractivity contribution in [3.8, 4) is 0 Å². The van der Waals surface area contributed by atoms with Gasteiger partial charge in [0.2, 0.25) is 5.91 Å². The Hall–Kier alpha value is -1.33. The number of amides is 1. The lowest BCUT2D eigenvalue weighted by atomic mass is 10.1. The van der Waals surface area contributed by atoms with Gasteiger partial charge in [0.1, 0.15) is 0 Å². The molecule has 3 N–H and O–H groups in total. The second-order valence-electron chi connectivity index (χ2n) is 4.94. The van der Waals surface area contributed by atoms with Crippen LogP contribution in [0.5, 0.6) is 0 Å². The van der Waals surface area contributed by atoms with Gasteiger partial charge in [-0.1, -0.05) is 28.1 Å². The van der Waals surface area contributed by atoms with E-state index in [0.29, 0.717) is 6.42 Å². The van der Waals surface area contributed by atoms with E-state index in [0.717, 1.165) is 15.8 Å². The third-order valence-corrected chi connectivity index (χ3v) is 3.65. The van der Waals surface area contributed by atoms with Crippen molar-refractivity contribution in [3.63, 3.8) is 0 Å². The fraction of sp³-hybridized carbons (Fsp3) is 0.357. The molecular weight excluding hydrogens is 306 g/mol. The zero-order valence-electron chi connectivity index (χ0n) is 11.1. The molecule has 2 unspecified atom stereocenters. The summed E-state index contributed by atoms with van der Waals surface area (Å²) in [4.78, 5) is 14.2. The number of halogens is 1. The Morgan fingerprint density at radius 2 is 2.16 bits per heavy atom. The number of carbonyl (C=O) groups is 1. The molecule has 2 rings (SSSR count). The fourth-order valence-corrected chi connectivity index (χ4v) is 2.51. The first kappa shape index (κ1) is 14.1. The molecule has 1 aliphatic carbocycles. The monoisotopic (exact) mass is 323 g/mol. The van der Waals surface area contributed by atoms with Crippen molar-refractivity contribution in [1.29, 1.82) is 0 Å². The van der Waals surface area contributed by atoms with E-state index in [1.807, 2.05) is 49.3 Å². The maximum absolute atomic E-state index is 12.2. The molecular formula is C14H18BrN3O. The first-order chi connectivity index (χ1) is 8.97. The molecule has 0 spiro atoms. The Bertz CT molecular complexity index is 513. The minimum absolute atomic E-state index is 0.00780. The molecule has 0 fully saturated rings. The summed E-state index contributed by atoms with van der Waals surface area (Å²) in [6.45, 7) is 0. The van der Waals surface area contributed by atoms with E-state index in [2.05, 4.69) is 21.2 Å². The van der Waals surface area contributed by atoms with E-state index in [-0.39, 0.29) is 17.9 Å². The summed E-state index contributed by atoms with van der Waals surface area (Å²) in [5, 5.41) is 2.98. The van der Waals surface area contributed by atoms with Gasteiger partial charge < -0.3 is 16.0 Å². The van der Waals surface area contributed by atoms with E-state index in [9.17, 15) is 4.79 Å². The van der Waals surface area contributed by atoms with Gasteiger partial charge in [-0.05, 0) is 24.6 Å². The highest BCUT2D eigenvalue weighted by molar-refractivity contribution is 9.10. The molecule has 1 aliphatic rings. The Morgan fingerprint density at radius 3 is 2.74 bits per heavy atom. The predicted molar refractivity (Wildman–Crippen MR) is 82.3 cm³/mol. The molecule has 0 bridgehead atoms. The van der Waals surface area contributed by atoms with Gasteiger partial charge in [-0.2, -0.15) is 0 Å². The van der Waals surface area contributed by atoms with Gasteiger partial charge in [0.05, 0.1) is 17.3 Å². The molecule has 0 aromatic heterocycles. The zero-order valence-corrected chi connectivity index (χ0v) is 12.6. The van der Waals surface area contributed by atoms with E-state index < -0.39 is 0 Å². The summed E-state index contributed by atoms with van der Waals surface area (Å²) in [7, 11) is 3.90. The summed E-state index contributed by atoms with van der Waals surface area (Å²) in [6, 6.07) is 5.82. The first-order valence-electron chi connectivity index (χ1n) is 6.19. The van der Waals surface area contributed by atoms with Crippen LogP contribution in [-0.2, 0) is 4.79 Å². The van der Waals surface area contributed by atoms with Gasteiger partial charge in [0.15, 0.2) is 0 Å². The minimum Gasteiger partial charge on any atom is -0.376 e. The quantitative estimate of drug-likeness (QED) is 0.839. The summed E-state index contributed by atoms with van der Waals surface area (Å²) in [6.07, 6.45) is 4.45. The van der Waals surface area contributed by atoms with Crippen LogP contribution in [0.3, 0.4) is 0 Å². The third-order valence-electron chi connectivity index (χ3n) is 3.15. The van der Waals surface area contributed by atoms with Crippen LogP contribution in [0, 0.1) is 5.92 Å². The largest absolute Gasteiger partial charge is 0.376 e. The van der Waals surface area contributed by atoms with E-state index in [1.54, 1.807) is 0 Å². The van der Waals surface area contributed by atoms with Crippen LogP contribution in [0.15, 0.2) is 34.8 Å². The smallest absolute Gasteiger partial charge is 0.231 e. The van der Waals surface area contributed by atoms with Crippen molar-refractivity contribution in [2.45, 2.75) is 12.5 Å². The number of nitrogens with one attached hydrogen (secondary N) is 1. The Morgan fingerprint density at radius 1 is 1.42 bits per heavy atom. The Labute approximate surface area is 121 Å². The van der Waals surface area contributed by atoms with E-state index in [1.165, 1.54) is 0 Å². The topological polar surface area (TPSA) is 58.4 Å². The SMILES string of the molecule is CN(C)c1ccc(Br)cc1NC(=O)C1C=CC(N)C1. The third kappa shape index (κ3) is 3.36. The number of benzene rings is 1. The van der Waals surface area contributed by atoms with Crippen LogP contribution in [0.2, 0.25) is 0 Å². The Kier molecular flexibility index (Phi) is 4.27. The molecule has 1 amide bonds. The van der Waals surface area contributed by atoms with Gasteiger partial charge in [0.25, 0.3) is 0 Å². The molecule has 0 heterocycles. The Balaban J connectivity index is 2.16. The maximum Gasteiger partial charge on any atom is 0.231 e. The van der Waals surface area contributed by atoms with Gasteiger partial charge in [-0.15, -0.1) is 0 Å². The van der Waals surface area contributed by atoms with Crippen molar-refractivity contribution in [3.05, 3.63) is 34.8 Å². The average Bonchev–Trinajstić information content (AvgIpc) is 2.75. The van der Waals surface area contributed by atoms with Crippen LogP contribution in [0.4, 0.5) is 11.4 Å². The number of rotatable bonds is 3. The van der Waals surface area contributed by atoms with Crippen LogP contribution >= 0.6 is 15.9 Å². The second-order valence-corrected chi connectivity index (χ2v) is 5.85. The molecule has 19 heavy (non-hydrogen) atoms. The highest BCUT2D eigenvalue weighted by Crippen LogP contribution is 2.29. The zero-order chi connectivity index (χ0) is 14.0. The molecule has 1 aromatic rings. The van der Waals surface area contributed by atoms with Crippen LogP contribution in [-0.4, -0.2) is 26.0 Å². The van der Waals surface area contributed by atoms with Crippen molar-refractivity contribution in [1.82, 2.24) is 0 Å². The lowest BCUT2D eigenvalue weighted by Crippen LogP contribution is -2.25. The van der Waals surface area contributed by atoms with Gasteiger partial charge in [0, 0.05) is 24.6 Å². The van der Waals surface area contributed by atoms with E-state index >= 15 is 0 Å². The fourth-order valence-electron chi connectivity index (χ4n) is 2.15.